The second kappa shape index (κ2) is 5.20. The Kier molecular flexibility index (Phi) is 3.95. The van der Waals surface area contributed by atoms with Crippen molar-refractivity contribution >= 4 is 0 Å². The second-order valence-electron chi connectivity index (χ2n) is 6.62. The maximum atomic E-state index is 13.7. The van der Waals surface area contributed by atoms with E-state index >= 15 is 0 Å². The van der Waals surface area contributed by atoms with Crippen LogP contribution in [0.1, 0.15) is 51.5 Å². The number of hydrogen-bond donors (Lipinski definition) is 1. The Labute approximate surface area is 113 Å². The van der Waals surface area contributed by atoms with E-state index in [-0.39, 0.29) is 17.4 Å². The van der Waals surface area contributed by atoms with Crippen LogP contribution in [-0.2, 0) is 6.42 Å². The molecular weight excluding hydrogens is 246 g/mol. The van der Waals surface area contributed by atoms with E-state index in [1.165, 1.54) is 18.2 Å². The zero-order valence-electron chi connectivity index (χ0n) is 11.7. The Balaban J connectivity index is 2.17. The van der Waals surface area contributed by atoms with E-state index in [0.717, 1.165) is 19.3 Å². The molecule has 0 bridgehead atoms. The van der Waals surface area contributed by atoms with E-state index in [4.69, 9.17) is 0 Å². The molecule has 106 valence electrons. The molecule has 1 unspecified atom stereocenters. The first-order valence-electron chi connectivity index (χ1n) is 6.97. The first-order chi connectivity index (χ1) is 8.81. The molecule has 0 spiro atoms. The van der Waals surface area contributed by atoms with Crippen LogP contribution < -0.4 is 0 Å². The van der Waals surface area contributed by atoms with E-state index in [1.54, 1.807) is 0 Å². The van der Waals surface area contributed by atoms with Crippen LogP contribution >= 0.6 is 0 Å². The van der Waals surface area contributed by atoms with Crippen LogP contribution in [0.25, 0.3) is 0 Å². The van der Waals surface area contributed by atoms with Gasteiger partial charge in [0, 0.05) is 12.0 Å². The van der Waals surface area contributed by atoms with Crippen LogP contribution in [0.4, 0.5) is 8.78 Å². The second-order valence-corrected chi connectivity index (χ2v) is 6.62. The molecule has 0 aromatic heterocycles. The molecular formula is C16H22F2O. The predicted molar refractivity (Wildman–Crippen MR) is 71.9 cm³/mol. The Morgan fingerprint density at radius 3 is 2.32 bits per heavy atom. The van der Waals surface area contributed by atoms with Crippen molar-refractivity contribution in [2.24, 2.45) is 5.41 Å². The van der Waals surface area contributed by atoms with Gasteiger partial charge in [-0.25, -0.2) is 8.78 Å². The molecule has 1 N–H and O–H groups in total. The maximum absolute atomic E-state index is 13.7. The lowest BCUT2D eigenvalue weighted by atomic mass is 9.83. The average Bonchev–Trinajstić information content (AvgIpc) is 2.44. The largest absolute Gasteiger partial charge is 0.390 e. The predicted octanol–water partition coefficient (Wildman–Crippen LogP) is 4.23. The van der Waals surface area contributed by atoms with Crippen molar-refractivity contribution in [3.05, 3.63) is 35.4 Å². The molecule has 0 heterocycles. The summed E-state index contributed by atoms with van der Waals surface area (Å²) in [5, 5.41) is 10.7. The number of aliphatic hydroxyl groups is 1. The van der Waals surface area contributed by atoms with Gasteiger partial charge in [0.15, 0.2) is 0 Å². The minimum absolute atomic E-state index is 0.0182. The fraction of sp³-hybridized carbons (Fsp3) is 0.625. The molecule has 2 rings (SSSR count). The lowest BCUT2D eigenvalue weighted by molar-refractivity contribution is 0.0210. The van der Waals surface area contributed by atoms with Gasteiger partial charge in [-0.05, 0) is 43.2 Å². The lowest BCUT2D eigenvalue weighted by Crippen LogP contribution is -2.32. The number of hydrogen-bond acceptors (Lipinski definition) is 1. The number of benzene rings is 1. The van der Waals surface area contributed by atoms with Gasteiger partial charge in [0.05, 0.1) is 5.60 Å². The van der Waals surface area contributed by atoms with E-state index in [1.807, 2.05) is 0 Å². The minimum atomic E-state index is -0.975. The summed E-state index contributed by atoms with van der Waals surface area (Å²) in [6.45, 7) is 4.37. The van der Waals surface area contributed by atoms with Crippen molar-refractivity contribution < 1.29 is 13.9 Å². The highest BCUT2D eigenvalue weighted by atomic mass is 19.1. The Hall–Kier alpha value is -0.960. The summed E-state index contributed by atoms with van der Waals surface area (Å²) in [7, 11) is 0. The standard InChI is InChI=1S/C16H22F2O/c1-15(2)7-4-8-16(19,10-9-15)11-12-13(17)5-3-6-14(12)18/h3,5-6,19H,4,7-11H2,1-2H3. The average molecular weight is 268 g/mol. The smallest absolute Gasteiger partial charge is 0.129 e. The summed E-state index contributed by atoms with van der Waals surface area (Å²) < 4.78 is 27.4. The molecule has 1 aliphatic rings. The summed E-state index contributed by atoms with van der Waals surface area (Å²) in [6, 6.07) is 3.86. The summed E-state index contributed by atoms with van der Waals surface area (Å²) >= 11 is 0. The molecule has 0 radical (unpaired) electrons. The Morgan fingerprint density at radius 1 is 1.05 bits per heavy atom. The van der Waals surface area contributed by atoms with Gasteiger partial charge >= 0.3 is 0 Å². The molecule has 1 aromatic carbocycles. The molecule has 1 nitrogen and oxygen atoms in total. The van der Waals surface area contributed by atoms with Crippen molar-refractivity contribution in [1.82, 2.24) is 0 Å². The molecule has 1 aromatic rings. The summed E-state index contributed by atoms with van der Waals surface area (Å²) in [5.74, 6) is -1.12. The lowest BCUT2D eigenvalue weighted by Gasteiger charge is -2.28. The Bertz CT molecular complexity index is 436. The molecule has 0 amide bonds. The fourth-order valence-electron chi connectivity index (χ4n) is 2.92. The quantitative estimate of drug-likeness (QED) is 0.796. The summed E-state index contributed by atoms with van der Waals surface area (Å²) in [5.41, 5.74) is -0.751. The van der Waals surface area contributed by atoms with Crippen molar-refractivity contribution in [2.75, 3.05) is 0 Å². The number of rotatable bonds is 2. The topological polar surface area (TPSA) is 20.2 Å². The zero-order valence-corrected chi connectivity index (χ0v) is 11.7. The highest BCUT2D eigenvalue weighted by Gasteiger charge is 2.35. The third-order valence-corrected chi connectivity index (χ3v) is 4.33. The number of halogens is 2. The normalized spacial score (nSPS) is 27.0. The van der Waals surface area contributed by atoms with Crippen molar-refractivity contribution in [2.45, 2.75) is 58.0 Å². The van der Waals surface area contributed by atoms with Gasteiger partial charge in [-0.15, -0.1) is 0 Å². The van der Waals surface area contributed by atoms with Gasteiger partial charge in [0.25, 0.3) is 0 Å². The van der Waals surface area contributed by atoms with Crippen molar-refractivity contribution in [3.63, 3.8) is 0 Å². The molecule has 3 heteroatoms. The van der Waals surface area contributed by atoms with Crippen molar-refractivity contribution in [1.29, 1.82) is 0 Å². The maximum Gasteiger partial charge on any atom is 0.129 e. The van der Waals surface area contributed by atoms with Gasteiger partial charge in [-0.3, -0.25) is 0 Å². The van der Waals surface area contributed by atoms with E-state index in [9.17, 15) is 13.9 Å². The van der Waals surface area contributed by atoms with Gasteiger partial charge in [0.1, 0.15) is 11.6 Å². The summed E-state index contributed by atoms with van der Waals surface area (Å²) in [6.07, 6.45) is 4.13. The van der Waals surface area contributed by atoms with Gasteiger partial charge in [-0.2, -0.15) is 0 Å². The molecule has 1 saturated carbocycles. The fourth-order valence-corrected chi connectivity index (χ4v) is 2.92. The van der Waals surface area contributed by atoms with Crippen molar-refractivity contribution in [3.8, 4) is 0 Å². The van der Waals surface area contributed by atoms with Gasteiger partial charge in [-0.1, -0.05) is 26.3 Å². The highest BCUT2D eigenvalue weighted by Crippen LogP contribution is 2.39. The Morgan fingerprint density at radius 2 is 1.68 bits per heavy atom. The molecule has 1 fully saturated rings. The van der Waals surface area contributed by atoms with Crippen LogP contribution in [0.2, 0.25) is 0 Å². The zero-order chi connectivity index (χ0) is 14.1. The van der Waals surface area contributed by atoms with Crippen LogP contribution in [0, 0.1) is 17.0 Å². The summed E-state index contributed by atoms with van der Waals surface area (Å²) in [4.78, 5) is 0. The van der Waals surface area contributed by atoms with Crippen LogP contribution in [0.5, 0.6) is 0 Å². The third-order valence-electron chi connectivity index (χ3n) is 4.33. The van der Waals surface area contributed by atoms with Crippen LogP contribution in [0.15, 0.2) is 18.2 Å². The molecule has 0 saturated heterocycles. The molecule has 1 aliphatic carbocycles. The highest BCUT2D eigenvalue weighted by molar-refractivity contribution is 5.21. The molecule has 0 aliphatic heterocycles. The molecule has 19 heavy (non-hydrogen) atoms. The minimum Gasteiger partial charge on any atom is -0.390 e. The van der Waals surface area contributed by atoms with Gasteiger partial charge in [0.2, 0.25) is 0 Å². The van der Waals surface area contributed by atoms with Gasteiger partial charge < -0.3 is 5.11 Å². The van der Waals surface area contributed by atoms with E-state index < -0.39 is 17.2 Å². The van der Waals surface area contributed by atoms with E-state index in [2.05, 4.69) is 13.8 Å². The monoisotopic (exact) mass is 268 g/mol. The first-order valence-corrected chi connectivity index (χ1v) is 6.97. The third kappa shape index (κ3) is 3.53. The first kappa shape index (κ1) is 14.4. The van der Waals surface area contributed by atoms with Crippen LogP contribution in [0.3, 0.4) is 0 Å². The molecule has 1 atom stereocenters. The SMILES string of the molecule is CC1(C)CCCC(O)(Cc2c(F)cccc2F)CC1. The van der Waals surface area contributed by atoms with Crippen LogP contribution in [-0.4, -0.2) is 10.7 Å². The van der Waals surface area contributed by atoms with E-state index in [0.29, 0.717) is 12.8 Å².